The second kappa shape index (κ2) is 32.5. The number of benzene rings is 8. The number of rotatable bonds is 19. The number of imidazole rings is 2. The maximum absolute atomic E-state index is 10.7. The van der Waals surface area contributed by atoms with Crippen LogP contribution in [0, 0.1) is 0 Å². The van der Waals surface area contributed by atoms with Crippen molar-refractivity contribution >= 4 is 32.7 Å². The van der Waals surface area contributed by atoms with Crippen molar-refractivity contribution in [3.63, 3.8) is 0 Å². The summed E-state index contributed by atoms with van der Waals surface area (Å²) in [5.41, 5.74) is 12.0. The van der Waals surface area contributed by atoms with E-state index in [0.29, 0.717) is 0 Å². The third kappa shape index (κ3) is 17.0. The van der Waals surface area contributed by atoms with Crippen molar-refractivity contribution in [2.75, 3.05) is 0 Å². The van der Waals surface area contributed by atoms with Gasteiger partial charge in [-0.15, -0.1) is 0 Å². The number of hydrogen-bond acceptors (Lipinski definition) is 8. The lowest BCUT2D eigenvalue weighted by atomic mass is 9.91. The van der Waals surface area contributed by atoms with E-state index in [9.17, 15) is 26.3 Å². The van der Waals surface area contributed by atoms with E-state index in [-0.39, 0.29) is 47.3 Å². The lowest BCUT2D eigenvalue weighted by molar-refractivity contribution is -0.584. The number of para-hydroxylation sites is 4. The summed E-state index contributed by atoms with van der Waals surface area (Å²) in [7, 11) is -12.2. The number of hydrogen-bond donors (Lipinski definition) is 0. The Hall–Kier alpha value is -9.08. The zero-order valence-electron chi connectivity index (χ0n) is 60.5. The van der Waals surface area contributed by atoms with E-state index < -0.39 is 31.3 Å². The molecule has 0 aliphatic rings. The molecule has 10 rings (SSSR count). The third-order valence-electron chi connectivity index (χ3n) is 17.7. The van der Waals surface area contributed by atoms with Crippen LogP contribution in [0.4, 0.5) is 26.3 Å². The van der Waals surface area contributed by atoms with Crippen molar-refractivity contribution in [3.8, 4) is 68.0 Å². The summed E-state index contributed by atoms with van der Waals surface area (Å²) in [6, 6.07) is 71.6. The van der Waals surface area contributed by atoms with Gasteiger partial charge >= 0.3 is 11.0 Å². The van der Waals surface area contributed by atoms with Gasteiger partial charge in [0.25, 0.3) is 11.6 Å². The van der Waals surface area contributed by atoms with E-state index in [1.807, 2.05) is 0 Å². The van der Waals surface area contributed by atoms with Crippen LogP contribution in [0.25, 0.3) is 68.0 Å². The highest BCUT2D eigenvalue weighted by Crippen LogP contribution is 2.44. The zero-order valence-corrected chi connectivity index (χ0v) is 62.1. The second-order valence-corrected chi connectivity index (χ2v) is 30.3. The highest BCUT2D eigenvalue weighted by atomic mass is 32.2. The van der Waals surface area contributed by atoms with Crippen molar-refractivity contribution < 1.29 is 61.4 Å². The van der Waals surface area contributed by atoms with E-state index >= 15 is 0 Å². The molecule has 0 aliphatic heterocycles. The van der Waals surface area contributed by atoms with Crippen LogP contribution in [0.2, 0.25) is 0 Å². The fraction of sp³-hybridized carbons (Fsp3) is 0.317. The van der Waals surface area contributed by atoms with E-state index in [1.165, 1.54) is 67.3 Å². The van der Waals surface area contributed by atoms with E-state index in [4.69, 9.17) is 36.1 Å². The maximum Gasteiger partial charge on any atom is 0.485 e. The molecule has 538 valence electrons. The van der Waals surface area contributed by atoms with Gasteiger partial charge in [-0.25, -0.2) is 16.8 Å². The Morgan fingerprint density at radius 2 is 0.598 bits per heavy atom. The van der Waals surface area contributed by atoms with Crippen LogP contribution in [-0.4, -0.2) is 58.5 Å². The Bertz CT molecular complexity index is 4440. The second-order valence-electron chi connectivity index (χ2n) is 27.6. The highest BCUT2D eigenvalue weighted by Gasteiger charge is 2.43. The molecule has 0 spiro atoms. The lowest BCUT2D eigenvalue weighted by Gasteiger charge is -2.20. The number of alkyl halides is 6. The number of aromatic nitrogens is 4. The van der Waals surface area contributed by atoms with Gasteiger partial charge in [-0.05, 0) is 71.6 Å². The van der Waals surface area contributed by atoms with E-state index in [2.05, 4.69) is 336 Å². The van der Waals surface area contributed by atoms with Crippen molar-refractivity contribution in [3.05, 3.63) is 250 Å². The fourth-order valence-corrected chi connectivity index (χ4v) is 12.9. The Balaban J connectivity index is 0.000000737. The molecule has 20 heteroatoms. The predicted octanol–water partition coefficient (Wildman–Crippen LogP) is 21.0. The molecule has 8 aromatic carbocycles. The van der Waals surface area contributed by atoms with Gasteiger partial charge in [0.1, 0.15) is 35.2 Å². The SMILES string of the molecule is CC(C)c1cccc(C(C)C)c1-n1c(-c2ccccc2)c(/C=N/N=C/c2c(-c3ccccc3)[n+](-c3c(C(C)C)cccc3C(C)C)c(-c3ccccc3)n2-c2c(C(C)C)cccc2C(C)C)[n+](-c2c(C(C)C)cccc2C(C)C)c1-c1ccccc1.O=S(=O)([O-])C(F)(F)F.O=S(=O)([O-])C(F)(F)F. The molecular formula is C82H90F6N6O6S2. The van der Waals surface area contributed by atoms with Gasteiger partial charge in [0, 0.05) is 55.6 Å². The molecular weight excluding hydrogens is 1340 g/mol. The quantitative estimate of drug-likeness (QED) is 0.0196. The topological polar surface area (TPSA) is 157 Å². The molecule has 0 saturated heterocycles. The number of nitrogens with zero attached hydrogens (tertiary/aromatic N) is 6. The van der Waals surface area contributed by atoms with Crippen LogP contribution in [0.15, 0.2) is 204 Å². The van der Waals surface area contributed by atoms with Gasteiger partial charge in [0.15, 0.2) is 31.6 Å². The van der Waals surface area contributed by atoms with E-state index in [0.717, 1.165) is 56.7 Å². The van der Waals surface area contributed by atoms with Crippen LogP contribution in [0.5, 0.6) is 0 Å². The first kappa shape index (κ1) is 78.6. The molecule has 12 nitrogen and oxygen atoms in total. The summed E-state index contributed by atoms with van der Waals surface area (Å²) >= 11 is 0. The molecule has 0 radical (unpaired) electrons. The molecule has 0 bridgehead atoms. The molecule has 102 heavy (non-hydrogen) atoms. The minimum atomic E-state index is -6.09. The van der Waals surface area contributed by atoms with Gasteiger partial charge in [-0.3, -0.25) is 0 Å². The van der Waals surface area contributed by atoms with Crippen LogP contribution < -0.4 is 9.13 Å². The Kier molecular flexibility index (Phi) is 25.1. The minimum Gasteiger partial charge on any atom is -0.741 e. The van der Waals surface area contributed by atoms with Gasteiger partial charge < -0.3 is 9.11 Å². The first-order valence-electron chi connectivity index (χ1n) is 34.2. The molecule has 0 N–H and O–H groups in total. The van der Waals surface area contributed by atoms with Crippen molar-refractivity contribution in [1.82, 2.24) is 9.13 Å². The summed E-state index contributed by atoms with van der Waals surface area (Å²) in [6.07, 6.45) is 4.12. The average molecular weight is 1430 g/mol. The Labute approximate surface area is 597 Å². The first-order valence-corrected chi connectivity index (χ1v) is 37.0. The molecule has 2 aromatic heterocycles. The van der Waals surface area contributed by atoms with Crippen LogP contribution in [0.3, 0.4) is 0 Å². The maximum atomic E-state index is 10.7. The summed E-state index contributed by atoms with van der Waals surface area (Å²) in [5, 5.41) is 10.9. The molecule has 0 aliphatic carbocycles. The lowest BCUT2D eigenvalue weighted by Crippen LogP contribution is -2.39. The summed E-state index contributed by atoms with van der Waals surface area (Å²) in [4.78, 5) is 0. The summed E-state index contributed by atoms with van der Waals surface area (Å²) < 4.78 is 128. The fourth-order valence-electron chi connectivity index (χ4n) is 12.9. The van der Waals surface area contributed by atoms with Crippen molar-refractivity contribution in [2.45, 2.75) is 169 Å². The van der Waals surface area contributed by atoms with Crippen LogP contribution >= 0.6 is 0 Å². The smallest absolute Gasteiger partial charge is 0.485 e. The monoisotopic (exact) mass is 1430 g/mol. The van der Waals surface area contributed by atoms with Gasteiger partial charge in [0.2, 0.25) is 11.4 Å². The summed E-state index contributed by atoms with van der Waals surface area (Å²) in [5.74, 6) is 3.84. The van der Waals surface area contributed by atoms with Crippen molar-refractivity contribution in [2.24, 2.45) is 10.2 Å². The molecule has 0 amide bonds. The molecule has 0 atom stereocenters. The third-order valence-corrected chi connectivity index (χ3v) is 18.8. The minimum absolute atomic E-state index is 0.205. The van der Waals surface area contributed by atoms with Crippen LogP contribution in [0.1, 0.15) is 214 Å². The summed E-state index contributed by atoms with van der Waals surface area (Å²) in [6.45, 7) is 37.2. The van der Waals surface area contributed by atoms with Crippen molar-refractivity contribution in [1.29, 1.82) is 0 Å². The first-order chi connectivity index (χ1) is 47.9. The molecule has 10 aromatic rings. The Morgan fingerprint density at radius 3 is 0.902 bits per heavy atom. The zero-order chi connectivity index (χ0) is 75.1. The molecule has 0 saturated carbocycles. The van der Waals surface area contributed by atoms with Crippen LogP contribution in [-0.2, 0) is 20.2 Å². The standard InChI is InChI=1S/C80H90N6.2CHF3O3S/c1-51(2)63-41-29-42-64(52(3)4)75(63)83-71(73(59-33-21-17-22-34-59)85(79(83)61-37-25-19-26-38-61)77-67(55(9)10)45-31-46-68(77)56(11)12)49-81-82-50-72-74(60-35-23-18-24-36-60)86(78-69(57(13)14)47-32-48-70(78)58(15)16)80(62-39-27-20-28-40-62)84(72)76-65(53(5)6)43-30-44-66(76)54(7)8;2*2-1(3,4)8(5,6)7/h17-58H,1-16H3;2*(H,5,6,7)/q+2;;/p-2/b81-49+,82-50+;;. The highest BCUT2D eigenvalue weighted by molar-refractivity contribution is 7.86. The number of halogens is 6. The van der Waals surface area contributed by atoms with Gasteiger partial charge in [-0.2, -0.15) is 54.8 Å². The molecule has 2 heterocycles. The molecule has 0 fully saturated rings. The molecule has 0 unspecified atom stereocenters. The Morgan fingerprint density at radius 1 is 0.343 bits per heavy atom. The van der Waals surface area contributed by atoms with E-state index in [1.54, 1.807) is 0 Å². The predicted molar refractivity (Wildman–Crippen MR) is 396 cm³/mol. The van der Waals surface area contributed by atoms with Gasteiger partial charge in [0.05, 0.1) is 11.1 Å². The average Bonchev–Trinajstić information content (AvgIpc) is 1.56. The normalized spacial score (nSPS) is 12.5. The van der Waals surface area contributed by atoms with Gasteiger partial charge in [-0.1, -0.05) is 281 Å². The largest absolute Gasteiger partial charge is 0.741 e.